The second-order valence-corrected chi connectivity index (χ2v) is 6.52. The number of carbonyl (C=O) groups excluding carboxylic acids is 3. The number of amides is 3. The minimum atomic E-state index is -0.623. The molecule has 0 aromatic heterocycles. The van der Waals surface area contributed by atoms with Crippen LogP contribution in [0.5, 0.6) is 5.75 Å². The van der Waals surface area contributed by atoms with Gasteiger partial charge in [-0.1, -0.05) is 35.3 Å². The quantitative estimate of drug-likeness (QED) is 0.765. The molecular formula is C18H15Cl2N3O4. The lowest BCUT2D eigenvalue weighted by Gasteiger charge is -2.21. The van der Waals surface area contributed by atoms with Gasteiger partial charge in [0.15, 0.2) is 0 Å². The number of ether oxygens (including phenoxy) is 1. The Morgan fingerprint density at radius 3 is 2.70 bits per heavy atom. The van der Waals surface area contributed by atoms with Gasteiger partial charge in [0.25, 0.3) is 11.8 Å². The number of carbonyl (C=O) groups is 3. The molecule has 3 rings (SSSR count). The van der Waals surface area contributed by atoms with Crippen LogP contribution in [0, 0.1) is 0 Å². The zero-order chi connectivity index (χ0) is 19.4. The first kappa shape index (κ1) is 19.0. The van der Waals surface area contributed by atoms with Crippen molar-refractivity contribution in [1.82, 2.24) is 10.9 Å². The minimum Gasteiger partial charge on any atom is -0.491 e. The van der Waals surface area contributed by atoms with Gasteiger partial charge in [-0.2, -0.15) is 0 Å². The first-order valence-electron chi connectivity index (χ1n) is 8.02. The molecule has 27 heavy (non-hydrogen) atoms. The zero-order valence-corrected chi connectivity index (χ0v) is 15.5. The Morgan fingerprint density at radius 1 is 1.11 bits per heavy atom. The number of rotatable bonds is 3. The highest BCUT2D eigenvalue weighted by Gasteiger charge is 2.25. The maximum atomic E-state index is 12.3. The van der Waals surface area contributed by atoms with E-state index in [-0.39, 0.29) is 36.1 Å². The Hall–Kier alpha value is -2.77. The molecule has 2 aromatic carbocycles. The van der Waals surface area contributed by atoms with Crippen molar-refractivity contribution in [3.8, 4) is 5.75 Å². The Bertz CT molecular complexity index is 904. The summed E-state index contributed by atoms with van der Waals surface area (Å²) in [5.74, 6) is -0.932. The van der Waals surface area contributed by atoms with Crippen molar-refractivity contribution in [3.05, 3.63) is 58.1 Å². The first-order chi connectivity index (χ1) is 13.0. The largest absolute Gasteiger partial charge is 0.491 e. The number of hydrazine groups is 1. The van der Waals surface area contributed by atoms with Crippen LogP contribution in [-0.4, -0.2) is 30.9 Å². The van der Waals surface area contributed by atoms with E-state index in [0.717, 1.165) is 0 Å². The van der Waals surface area contributed by atoms with Crippen molar-refractivity contribution >= 4 is 46.6 Å². The lowest BCUT2D eigenvalue weighted by molar-refractivity contribution is -0.124. The smallest absolute Gasteiger partial charge is 0.271 e. The number of halogens is 2. The second-order valence-electron chi connectivity index (χ2n) is 5.67. The van der Waals surface area contributed by atoms with Crippen LogP contribution < -0.4 is 20.5 Å². The minimum absolute atomic E-state index is 0.120. The van der Waals surface area contributed by atoms with Crippen LogP contribution >= 0.6 is 23.2 Å². The zero-order valence-electron chi connectivity index (χ0n) is 14.0. The monoisotopic (exact) mass is 407 g/mol. The summed E-state index contributed by atoms with van der Waals surface area (Å²) < 4.78 is 5.52. The molecule has 1 aliphatic rings. The fourth-order valence-corrected chi connectivity index (χ4v) is 2.92. The fourth-order valence-electron chi connectivity index (χ4n) is 2.54. The molecule has 0 spiro atoms. The summed E-state index contributed by atoms with van der Waals surface area (Å²) in [6.07, 6.45) is 0.145. The number of fused-ring (bicyclic) bond motifs is 1. The highest BCUT2D eigenvalue weighted by molar-refractivity contribution is 6.35. The van der Waals surface area contributed by atoms with Crippen LogP contribution in [0.25, 0.3) is 0 Å². The highest BCUT2D eigenvalue weighted by Crippen LogP contribution is 2.30. The molecule has 7 nitrogen and oxygen atoms in total. The summed E-state index contributed by atoms with van der Waals surface area (Å²) in [5.41, 5.74) is 5.15. The van der Waals surface area contributed by atoms with E-state index in [1.54, 1.807) is 30.3 Å². The van der Waals surface area contributed by atoms with E-state index in [9.17, 15) is 14.4 Å². The van der Waals surface area contributed by atoms with Gasteiger partial charge in [0.2, 0.25) is 5.91 Å². The van der Waals surface area contributed by atoms with Gasteiger partial charge in [-0.05, 0) is 30.3 Å². The second kappa shape index (κ2) is 8.28. The number of benzene rings is 2. The van der Waals surface area contributed by atoms with Crippen LogP contribution in [0.1, 0.15) is 16.8 Å². The topological polar surface area (TPSA) is 87.7 Å². The van der Waals surface area contributed by atoms with Gasteiger partial charge in [-0.15, -0.1) is 0 Å². The summed E-state index contributed by atoms with van der Waals surface area (Å²) in [6, 6.07) is 11.4. The van der Waals surface area contributed by atoms with Gasteiger partial charge in [-0.3, -0.25) is 30.1 Å². The molecule has 0 saturated carbocycles. The van der Waals surface area contributed by atoms with Crippen molar-refractivity contribution in [2.75, 3.05) is 18.1 Å². The van der Waals surface area contributed by atoms with Crippen molar-refractivity contribution < 1.29 is 19.1 Å². The lowest BCUT2D eigenvalue weighted by Crippen LogP contribution is -2.47. The Kier molecular flexibility index (Phi) is 5.83. The Labute approximate surface area is 165 Å². The maximum Gasteiger partial charge on any atom is 0.271 e. The number of nitrogens with zero attached hydrogens (tertiary/aromatic N) is 1. The van der Waals surface area contributed by atoms with E-state index < -0.39 is 11.8 Å². The standard InChI is InChI=1S/C18H15Cl2N3O4/c19-11-5-6-13(20)12(9-11)18(26)22-21-16(24)10-23-14-3-1-2-4-15(14)27-8-7-17(23)25/h1-6,9H,7-8,10H2,(H,21,24)(H,22,26). The van der Waals surface area contributed by atoms with Gasteiger partial charge in [0.1, 0.15) is 12.3 Å². The molecule has 0 aliphatic carbocycles. The molecule has 140 valence electrons. The van der Waals surface area contributed by atoms with E-state index in [2.05, 4.69) is 10.9 Å². The highest BCUT2D eigenvalue weighted by atomic mass is 35.5. The van der Waals surface area contributed by atoms with Crippen LogP contribution in [0.2, 0.25) is 10.0 Å². The number of para-hydroxylation sites is 2. The predicted molar refractivity (Wildman–Crippen MR) is 101 cm³/mol. The average molecular weight is 408 g/mol. The molecule has 2 N–H and O–H groups in total. The molecule has 0 radical (unpaired) electrons. The van der Waals surface area contributed by atoms with Gasteiger partial charge >= 0.3 is 0 Å². The van der Waals surface area contributed by atoms with Crippen molar-refractivity contribution in [1.29, 1.82) is 0 Å². The van der Waals surface area contributed by atoms with Crippen molar-refractivity contribution in [2.45, 2.75) is 6.42 Å². The van der Waals surface area contributed by atoms with E-state index in [0.29, 0.717) is 16.5 Å². The third-order valence-electron chi connectivity index (χ3n) is 3.82. The molecule has 2 aromatic rings. The van der Waals surface area contributed by atoms with Gasteiger partial charge in [-0.25, -0.2) is 0 Å². The molecule has 3 amide bonds. The van der Waals surface area contributed by atoms with E-state index in [1.165, 1.54) is 17.0 Å². The lowest BCUT2D eigenvalue weighted by atomic mass is 10.2. The number of nitrogens with one attached hydrogen (secondary N) is 2. The summed E-state index contributed by atoms with van der Waals surface area (Å²) in [5, 5.41) is 0.530. The molecule has 1 heterocycles. The first-order valence-corrected chi connectivity index (χ1v) is 8.77. The van der Waals surface area contributed by atoms with E-state index >= 15 is 0 Å². The van der Waals surface area contributed by atoms with Gasteiger partial charge < -0.3 is 4.74 Å². The Balaban J connectivity index is 1.66. The molecule has 0 bridgehead atoms. The SMILES string of the molecule is O=C(CN1C(=O)CCOc2ccccc21)NNC(=O)c1cc(Cl)ccc1Cl. The summed E-state index contributed by atoms with van der Waals surface area (Å²) in [7, 11) is 0. The molecule has 0 fully saturated rings. The van der Waals surface area contributed by atoms with E-state index in [1.807, 2.05) is 0 Å². The van der Waals surface area contributed by atoms with Crippen LogP contribution in [0.15, 0.2) is 42.5 Å². The van der Waals surface area contributed by atoms with Crippen LogP contribution in [0.3, 0.4) is 0 Å². The molecule has 0 saturated heterocycles. The van der Waals surface area contributed by atoms with Gasteiger partial charge in [0.05, 0.1) is 29.3 Å². The molecule has 0 atom stereocenters. The van der Waals surface area contributed by atoms with Crippen molar-refractivity contribution in [2.24, 2.45) is 0 Å². The normalized spacial score (nSPS) is 13.3. The summed E-state index contributed by atoms with van der Waals surface area (Å²) >= 11 is 11.8. The third-order valence-corrected chi connectivity index (χ3v) is 4.39. The average Bonchev–Trinajstić information content (AvgIpc) is 2.81. The summed E-state index contributed by atoms with van der Waals surface area (Å²) in [6.45, 7) is -0.0409. The number of hydrogen-bond donors (Lipinski definition) is 2. The van der Waals surface area contributed by atoms with Crippen LogP contribution in [0.4, 0.5) is 5.69 Å². The number of hydrogen-bond acceptors (Lipinski definition) is 4. The van der Waals surface area contributed by atoms with Crippen molar-refractivity contribution in [3.63, 3.8) is 0 Å². The molecule has 1 aliphatic heterocycles. The Morgan fingerprint density at radius 2 is 1.89 bits per heavy atom. The van der Waals surface area contributed by atoms with E-state index in [4.69, 9.17) is 27.9 Å². The molecule has 9 heteroatoms. The van der Waals surface area contributed by atoms with Crippen LogP contribution in [-0.2, 0) is 9.59 Å². The molecule has 0 unspecified atom stereocenters. The summed E-state index contributed by atoms with van der Waals surface area (Å²) in [4.78, 5) is 38.0. The molecular weight excluding hydrogens is 393 g/mol. The fraction of sp³-hybridized carbons (Fsp3) is 0.167. The number of anilines is 1. The maximum absolute atomic E-state index is 12.3. The van der Waals surface area contributed by atoms with Gasteiger partial charge in [0, 0.05) is 5.02 Å². The third kappa shape index (κ3) is 4.50. The predicted octanol–water partition coefficient (Wildman–Crippen LogP) is 2.57.